The van der Waals surface area contributed by atoms with Crippen LogP contribution in [0.2, 0.25) is 0 Å². The van der Waals surface area contributed by atoms with E-state index in [1.165, 1.54) is 0 Å². The van der Waals surface area contributed by atoms with Crippen molar-refractivity contribution in [2.24, 2.45) is 0 Å². The first-order chi connectivity index (χ1) is 6.74. The number of nitrogens with one attached hydrogen (secondary N) is 1. The van der Waals surface area contributed by atoms with Crippen LogP contribution in [-0.4, -0.2) is 18.9 Å². The molecule has 0 atom stereocenters. The Morgan fingerprint density at radius 1 is 1.36 bits per heavy atom. The average molecular weight is 256 g/mol. The third kappa shape index (κ3) is 3.60. The highest BCUT2D eigenvalue weighted by molar-refractivity contribution is 9.10. The Hall–Kier alpha value is -0.670. The lowest BCUT2D eigenvalue weighted by atomic mass is 10.1. The number of hydrogen-bond donors (Lipinski definition) is 1. The molecule has 1 aromatic rings. The van der Waals surface area contributed by atoms with Crippen molar-refractivity contribution in [2.75, 3.05) is 13.1 Å². The Bertz CT molecular complexity index is 295. The first kappa shape index (κ1) is 11.4. The zero-order valence-corrected chi connectivity index (χ0v) is 9.80. The summed E-state index contributed by atoms with van der Waals surface area (Å²) in [5, 5.41) is 3.09. The summed E-state index contributed by atoms with van der Waals surface area (Å²) >= 11 is 3.33. The smallest absolute Gasteiger partial charge is 0.176 e. The van der Waals surface area contributed by atoms with Gasteiger partial charge < -0.3 is 5.32 Å². The van der Waals surface area contributed by atoms with Crippen LogP contribution < -0.4 is 5.32 Å². The normalized spacial score (nSPS) is 10.1. The first-order valence-electron chi connectivity index (χ1n) is 4.73. The van der Waals surface area contributed by atoms with E-state index in [0.717, 1.165) is 23.0 Å². The molecule has 0 aliphatic carbocycles. The minimum Gasteiger partial charge on any atom is -0.310 e. The zero-order valence-electron chi connectivity index (χ0n) is 8.22. The lowest BCUT2D eigenvalue weighted by molar-refractivity contribution is 0.0991. The molecule has 0 saturated carbocycles. The van der Waals surface area contributed by atoms with Crippen molar-refractivity contribution >= 4 is 21.7 Å². The minimum absolute atomic E-state index is 0.144. The predicted octanol–water partition coefficient (Wildman–Crippen LogP) is 2.63. The molecule has 0 amide bonds. The van der Waals surface area contributed by atoms with Gasteiger partial charge in [0.1, 0.15) is 0 Å². The van der Waals surface area contributed by atoms with Gasteiger partial charge in [0.2, 0.25) is 0 Å². The van der Waals surface area contributed by atoms with Gasteiger partial charge in [-0.2, -0.15) is 0 Å². The van der Waals surface area contributed by atoms with E-state index in [1.807, 2.05) is 24.3 Å². The van der Waals surface area contributed by atoms with Crippen molar-refractivity contribution in [3.05, 3.63) is 34.3 Å². The molecule has 0 aliphatic heterocycles. The molecule has 1 rings (SSSR count). The molecule has 14 heavy (non-hydrogen) atoms. The van der Waals surface area contributed by atoms with Crippen molar-refractivity contribution in [1.29, 1.82) is 0 Å². The molecule has 1 N–H and O–H groups in total. The van der Waals surface area contributed by atoms with Gasteiger partial charge in [-0.15, -0.1) is 0 Å². The number of Topliss-reactive ketones (excluding diaryl/α,β-unsaturated/α-hetero) is 1. The van der Waals surface area contributed by atoms with Gasteiger partial charge in [0, 0.05) is 10.0 Å². The van der Waals surface area contributed by atoms with Gasteiger partial charge in [-0.25, -0.2) is 0 Å². The van der Waals surface area contributed by atoms with E-state index in [1.54, 1.807) is 0 Å². The van der Waals surface area contributed by atoms with E-state index >= 15 is 0 Å². The molecule has 0 spiro atoms. The van der Waals surface area contributed by atoms with E-state index in [-0.39, 0.29) is 5.78 Å². The van der Waals surface area contributed by atoms with Gasteiger partial charge in [-0.05, 0) is 25.1 Å². The van der Waals surface area contributed by atoms with E-state index in [4.69, 9.17) is 0 Å². The summed E-state index contributed by atoms with van der Waals surface area (Å²) < 4.78 is 0.996. The number of hydrogen-bond acceptors (Lipinski definition) is 2. The number of rotatable bonds is 5. The van der Waals surface area contributed by atoms with Gasteiger partial charge in [0.25, 0.3) is 0 Å². The first-order valence-corrected chi connectivity index (χ1v) is 5.53. The van der Waals surface area contributed by atoms with E-state index in [9.17, 15) is 4.79 Å². The molecule has 0 bridgehead atoms. The monoisotopic (exact) mass is 255 g/mol. The van der Waals surface area contributed by atoms with Crippen LogP contribution in [0.3, 0.4) is 0 Å². The molecule has 0 aromatic heterocycles. The quantitative estimate of drug-likeness (QED) is 0.648. The maximum Gasteiger partial charge on any atom is 0.176 e. The Morgan fingerprint density at radius 2 is 2.00 bits per heavy atom. The Kier molecular flexibility index (Phi) is 4.84. The third-order valence-electron chi connectivity index (χ3n) is 1.88. The Balaban J connectivity index is 2.48. The molecule has 0 aliphatic rings. The minimum atomic E-state index is 0.144. The van der Waals surface area contributed by atoms with Crippen LogP contribution >= 0.6 is 15.9 Å². The molecular formula is C11H14BrNO. The summed E-state index contributed by atoms with van der Waals surface area (Å²) in [4.78, 5) is 11.6. The molecule has 0 fully saturated rings. The summed E-state index contributed by atoms with van der Waals surface area (Å²) in [5.74, 6) is 0.144. The summed E-state index contributed by atoms with van der Waals surface area (Å²) in [5.41, 5.74) is 0.761. The number of halogens is 1. The van der Waals surface area contributed by atoms with Gasteiger partial charge in [0.15, 0.2) is 5.78 Å². The van der Waals surface area contributed by atoms with Crippen molar-refractivity contribution in [1.82, 2.24) is 5.32 Å². The lowest BCUT2D eigenvalue weighted by Gasteiger charge is -2.02. The van der Waals surface area contributed by atoms with Crippen LogP contribution in [-0.2, 0) is 0 Å². The molecule has 76 valence electrons. The summed E-state index contributed by atoms with van der Waals surface area (Å²) in [7, 11) is 0. The summed E-state index contributed by atoms with van der Waals surface area (Å²) in [6.07, 6.45) is 1.05. The van der Waals surface area contributed by atoms with Gasteiger partial charge >= 0.3 is 0 Å². The predicted molar refractivity (Wildman–Crippen MR) is 61.6 cm³/mol. The lowest BCUT2D eigenvalue weighted by Crippen LogP contribution is -2.23. The standard InChI is InChI=1S/C11H14BrNO/c1-2-7-13-8-11(14)9-3-5-10(12)6-4-9/h3-6,13H,2,7-8H2,1H3. The van der Waals surface area contributed by atoms with Crippen LogP contribution in [0.15, 0.2) is 28.7 Å². The average Bonchev–Trinajstić information content (AvgIpc) is 2.19. The molecule has 0 unspecified atom stereocenters. The third-order valence-corrected chi connectivity index (χ3v) is 2.41. The molecule has 0 heterocycles. The number of ketones is 1. The molecule has 3 heteroatoms. The highest BCUT2D eigenvalue weighted by Gasteiger charge is 2.03. The molecule has 1 aromatic carbocycles. The topological polar surface area (TPSA) is 29.1 Å². The van der Waals surface area contributed by atoms with Gasteiger partial charge in [-0.3, -0.25) is 4.79 Å². The van der Waals surface area contributed by atoms with Crippen LogP contribution in [0.4, 0.5) is 0 Å². The molecule has 0 saturated heterocycles. The van der Waals surface area contributed by atoms with Gasteiger partial charge in [-0.1, -0.05) is 35.0 Å². The summed E-state index contributed by atoms with van der Waals surface area (Å²) in [6.45, 7) is 3.40. The second kappa shape index (κ2) is 5.94. The van der Waals surface area contributed by atoms with Crippen molar-refractivity contribution < 1.29 is 4.79 Å². The second-order valence-electron chi connectivity index (χ2n) is 3.11. The molecule has 0 radical (unpaired) electrons. The van der Waals surface area contributed by atoms with Crippen molar-refractivity contribution in [2.45, 2.75) is 13.3 Å². The maximum atomic E-state index is 11.6. The maximum absolute atomic E-state index is 11.6. The van der Waals surface area contributed by atoms with E-state index in [0.29, 0.717) is 6.54 Å². The van der Waals surface area contributed by atoms with E-state index in [2.05, 4.69) is 28.2 Å². The fourth-order valence-electron chi connectivity index (χ4n) is 1.12. The number of carbonyl (C=O) groups is 1. The molecular weight excluding hydrogens is 242 g/mol. The fraction of sp³-hybridized carbons (Fsp3) is 0.364. The highest BCUT2D eigenvalue weighted by atomic mass is 79.9. The van der Waals surface area contributed by atoms with Crippen molar-refractivity contribution in [3.8, 4) is 0 Å². The SMILES string of the molecule is CCCNCC(=O)c1ccc(Br)cc1. The van der Waals surface area contributed by atoms with Crippen LogP contribution in [0.25, 0.3) is 0 Å². The number of benzene rings is 1. The Labute approximate surface area is 92.8 Å². The van der Waals surface area contributed by atoms with E-state index < -0.39 is 0 Å². The highest BCUT2D eigenvalue weighted by Crippen LogP contribution is 2.10. The fourth-order valence-corrected chi connectivity index (χ4v) is 1.38. The van der Waals surface area contributed by atoms with Gasteiger partial charge in [0.05, 0.1) is 6.54 Å². The van der Waals surface area contributed by atoms with Crippen LogP contribution in [0, 0.1) is 0 Å². The second-order valence-corrected chi connectivity index (χ2v) is 4.02. The Morgan fingerprint density at radius 3 is 2.57 bits per heavy atom. The van der Waals surface area contributed by atoms with Crippen molar-refractivity contribution in [3.63, 3.8) is 0 Å². The number of carbonyl (C=O) groups excluding carboxylic acids is 1. The molecule has 2 nitrogen and oxygen atoms in total. The zero-order chi connectivity index (χ0) is 10.4. The van der Waals surface area contributed by atoms with Crippen LogP contribution in [0.1, 0.15) is 23.7 Å². The largest absolute Gasteiger partial charge is 0.310 e. The van der Waals surface area contributed by atoms with Crippen LogP contribution in [0.5, 0.6) is 0 Å². The summed E-state index contributed by atoms with van der Waals surface area (Å²) in [6, 6.07) is 7.43.